The molecule has 0 N–H and O–H groups in total. The first kappa shape index (κ1) is 14.2. The van der Waals surface area contributed by atoms with Crippen LogP contribution in [0.4, 0.5) is 0 Å². The van der Waals surface area contributed by atoms with Crippen molar-refractivity contribution >= 4 is 10.8 Å². The first-order valence-electron chi connectivity index (χ1n) is 6.90. The Morgan fingerprint density at radius 2 is 1.50 bits per heavy atom. The molecule has 0 atom stereocenters. The fraction of sp³-hybridized carbons (Fsp3) is 0.167. The van der Waals surface area contributed by atoms with Gasteiger partial charge >= 0.3 is 5.63 Å². The number of hydrogen-bond acceptors (Lipinski definition) is 4. The zero-order valence-electron chi connectivity index (χ0n) is 12.7. The minimum atomic E-state index is -0.353. The van der Waals surface area contributed by atoms with E-state index in [-0.39, 0.29) is 5.63 Å². The summed E-state index contributed by atoms with van der Waals surface area (Å²) in [4.78, 5) is 12.2. The van der Waals surface area contributed by atoms with Crippen LogP contribution in [0.25, 0.3) is 22.1 Å². The van der Waals surface area contributed by atoms with E-state index in [9.17, 15) is 4.79 Å². The van der Waals surface area contributed by atoms with Gasteiger partial charge in [-0.1, -0.05) is 0 Å². The van der Waals surface area contributed by atoms with E-state index in [1.165, 1.54) is 0 Å². The molecule has 1 heterocycles. The predicted molar refractivity (Wildman–Crippen MR) is 85.8 cm³/mol. The smallest absolute Gasteiger partial charge is 0.344 e. The Hall–Kier alpha value is -2.75. The number of ether oxygens (including phenoxy) is 2. The lowest BCUT2D eigenvalue weighted by Crippen LogP contribution is -2.03. The highest BCUT2D eigenvalue weighted by Crippen LogP contribution is 2.30. The van der Waals surface area contributed by atoms with Gasteiger partial charge in [-0.2, -0.15) is 0 Å². The normalized spacial score (nSPS) is 10.7. The Labute approximate surface area is 127 Å². The molecule has 1 aromatic heterocycles. The summed E-state index contributed by atoms with van der Waals surface area (Å²) in [5.74, 6) is 2.03. The Bertz CT molecular complexity index is 876. The Balaban J connectivity index is 2.25. The first-order valence-corrected chi connectivity index (χ1v) is 6.90. The van der Waals surface area contributed by atoms with Crippen LogP contribution < -0.4 is 15.1 Å². The minimum Gasteiger partial charge on any atom is -0.497 e. The third kappa shape index (κ3) is 2.33. The van der Waals surface area contributed by atoms with Gasteiger partial charge in [0.25, 0.3) is 0 Å². The molecule has 0 radical (unpaired) electrons. The standard InChI is InChI=1S/C18H16O4/c1-11-16-10-14(21-3)8-9-15(16)18(19)22-17(11)12-4-6-13(20-2)7-5-12/h4-10H,1-3H3. The zero-order chi connectivity index (χ0) is 15.7. The first-order chi connectivity index (χ1) is 10.6. The maximum absolute atomic E-state index is 12.2. The molecule has 3 aromatic rings. The largest absolute Gasteiger partial charge is 0.497 e. The van der Waals surface area contributed by atoms with Crippen LogP contribution in [0.15, 0.2) is 51.7 Å². The predicted octanol–water partition coefficient (Wildman–Crippen LogP) is 3.79. The molecule has 0 aliphatic carbocycles. The average molecular weight is 296 g/mol. The monoisotopic (exact) mass is 296 g/mol. The molecule has 0 amide bonds. The van der Waals surface area contributed by atoms with Gasteiger partial charge in [-0.25, -0.2) is 4.79 Å². The summed E-state index contributed by atoms with van der Waals surface area (Å²) in [5, 5.41) is 1.39. The molecule has 4 heteroatoms. The van der Waals surface area contributed by atoms with Gasteiger partial charge in [-0.15, -0.1) is 0 Å². The molecule has 112 valence electrons. The molecule has 0 aliphatic rings. The third-order valence-electron chi connectivity index (χ3n) is 3.74. The third-order valence-corrected chi connectivity index (χ3v) is 3.74. The zero-order valence-corrected chi connectivity index (χ0v) is 12.7. The molecule has 22 heavy (non-hydrogen) atoms. The summed E-state index contributed by atoms with van der Waals surface area (Å²) in [6.45, 7) is 1.93. The molecule has 0 bridgehead atoms. The van der Waals surface area contributed by atoms with Gasteiger partial charge in [0, 0.05) is 11.1 Å². The van der Waals surface area contributed by atoms with Gasteiger partial charge in [0.05, 0.1) is 19.6 Å². The fourth-order valence-corrected chi connectivity index (χ4v) is 2.50. The summed E-state index contributed by atoms with van der Waals surface area (Å²) in [7, 11) is 3.22. The van der Waals surface area contributed by atoms with Crippen LogP contribution in [-0.4, -0.2) is 14.2 Å². The Morgan fingerprint density at radius 1 is 0.864 bits per heavy atom. The number of hydrogen-bond donors (Lipinski definition) is 0. The summed E-state index contributed by atoms with van der Waals surface area (Å²) in [5.41, 5.74) is 1.38. The van der Waals surface area contributed by atoms with Crippen LogP contribution in [0.1, 0.15) is 5.56 Å². The second kappa shape index (κ2) is 5.56. The van der Waals surface area contributed by atoms with Gasteiger partial charge in [-0.05, 0) is 54.8 Å². The molecule has 0 unspecified atom stereocenters. The Morgan fingerprint density at radius 3 is 2.14 bits per heavy atom. The highest BCUT2D eigenvalue weighted by atomic mass is 16.5. The lowest BCUT2D eigenvalue weighted by molar-refractivity contribution is 0.415. The summed E-state index contributed by atoms with van der Waals surface area (Å²) in [6, 6.07) is 12.8. The summed E-state index contributed by atoms with van der Waals surface area (Å²) >= 11 is 0. The van der Waals surface area contributed by atoms with Gasteiger partial charge in [0.15, 0.2) is 0 Å². The van der Waals surface area contributed by atoms with E-state index in [4.69, 9.17) is 13.9 Å². The van der Waals surface area contributed by atoms with E-state index in [2.05, 4.69) is 0 Å². The number of benzene rings is 2. The van der Waals surface area contributed by atoms with E-state index in [1.807, 2.05) is 37.3 Å². The highest BCUT2D eigenvalue weighted by Gasteiger charge is 2.13. The van der Waals surface area contributed by atoms with Crippen LogP contribution in [0.3, 0.4) is 0 Å². The van der Waals surface area contributed by atoms with Crippen molar-refractivity contribution in [2.24, 2.45) is 0 Å². The molecule has 2 aromatic carbocycles. The number of aryl methyl sites for hydroxylation is 1. The van der Waals surface area contributed by atoms with Crippen LogP contribution in [0, 0.1) is 6.92 Å². The number of fused-ring (bicyclic) bond motifs is 1. The van der Waals surface area contributed by atoms with E-state index in [0.717, 1.165) is 22.3 Å². The van der Waals surface area contributed by atoms with E-state index in [1.54, 1.807) is 26.4 Å². The van der Waals surface area contributed by atoms with Crippen LogP contribution in [0.2, 0.25) is 0 Å². The van der Waals surface area contributed by atoms with Gasteiger partial charge in [0.1, 0.15) is 17.3 Å². The van der Waals surface area contributed by atoms with Crippen molar-refractivity contribution in [3.63, 3.8) is 0 Å². The van der Waals surface area contributed by atoms with E-state index >= 15 is 0 Å². The maximum atomic E-state index is 12.2. The van der Waals surface area contributed by atoms with Crippen LogP contribution in [-0.2, 0) is 0 Å². The second-order valence-electron chi connectivity index (χ2n) is 4.98. The lowest BCUT2D eigenvalue weighted by Gasteiger charge is -2.09. The molecule has 0 spiro atoms. The highest BCUT2D eigenvalue weighted by molar-refractivity contribution is 5.89. The van der Waals surface area contributed by atoms with E-state index in [0.29, 0.717) is 16.9 Å². The van der Waals surface area contributed by atoms with Crippen molar-refractivity contribution in [3.8, 4) is 22.8 Å². The van der Waals surface area contributed by atoms with E-state index < -0.39 is 0 Å². The molecule has 0 saturated carbocycles. The topological polar surface area (TPSA) is 48.7 Å². The van der Waals surface area contributed by atoms with Gasteiger partial charge in [0.2, 0.25) is 0 Å². The maximum Gasteiger partial charge on any atom is 0.344 e. The SMILES string of the molecule is COc1ccc(-c2oc(=O)c3ccc(OC)cc3c2C)cc1. The van der Waals surface area contributed by atoms with Gasteiger partial charge < -0.3 is 13.9 Å². The van der Waals surface area contributed by atoms with Crippen molar-refractivity contribution in [3.05, 3.63) is 58.4 Å². The Kier molecular flexibility index (Phi) is 3.59. The minimum absolute atomic E-state index is 0.353. The molecule has 0 aliphatic heterocycles. The second-order valence-corrected chi connectivity index (χ2v) is 4.98. The van der Waals surface area contributed by atoms with Crippen LogP contribution in [0.5, 0.6) is 11.5 Å². The quantitative estimate of drug-likeness (QED) is 0.738. The number of methoxy groups -OCH3 is 2. The average Bonchev–Trinajstić information content (AvgIpc) is 2.57. The molecular weight excluding hydrogens is 280 g/mol. The lowest BCUT2D eigenvalue weighted by atomic mass is 10.0. The number of rotatable bonds is 3. The molecule has 0 fully saturated rings. The van der Waals surface area contributed by atoms with Crippen molar-refractivity contribution < 1.29 is 13.9 Å². The fourth-order valence-electron chi connectivity index (χ4n) is 2.50. The van der Waals surface area contributed by atoms with Crippen molar-refractivity contribution in [2.75, 3.05) is 14.2 Å². The summed E-state index contributed by atoms with van der Waals surface area (Å²) < 4.78 is 15.9. The molecule has 0 saturated heterocycles. The van der Waals surface area contributed by atoms with Crippen LogP contribution >= 0.6 is 0 Å². The summed E-state index contributed by atoms with van der Waals surface area (Å²) in [6.07, 6.45) is 0. The van der Waals surface area contributed by atoms with Crippen molar-refractivity contribution in [1.29, 1.82) is 0 Å². The van der Waals surface area contributed by atoms with Crippen molar-refractivity contribution in [1.82, 2.24) is 0 Å². The molecular formula is C18H16O4. The van der Waals surface area contributed by atoms with Gasteiger partial charge in [-0.3, -0.25) is 0 Å². The molecule has 3 rings (SSSR count). The van der Waals surface area contributed by atoms with Crippen molar-refractivity contribution in [2.45, 2.75) is 6.92 Å². The molecule has 4 nitrogen and oxygen atoms in total.